The Kier molecular flexibility index (Phi) is 4.10. The minimum Gasteiger partial charge on any atom is -0.392 e. The van der Waals surface area contributed by atoms with Crippen molar-refractivity contribution in [1.29, 1.82) is 0 Å². The fourth-order valence-electron chi connectivity index (χ4n) is 1.42. The van der Waals surface area contributed by atoms with Crippen molar-refractivity contribution in [3.63, 3.8) is 0 Å². The van der Waals surface area contributed by atoms with E-state index in [2.05, 4.69) is 10.00 Å². The molecule has 0 saturated heterocycles. The second-order valence-electron chi connectivity index (χ2n) is 3.78. The highest BCUT2D eigenvalue weighted by Gasteiger charge is 2.06. The lowest BCUT2D eigenvalue weighted by Gasteiger charge is -2.18. The second-order valence-corrected chi connectivity index (χ2v) is 3.78. The molecule has 0 radical (unpaired) electrons. The van der Waals surface area contributed by atoms with Gasteiger partial charge in [-0.05, 0) is 13.5 Å². The quantitative estimate of drug-likeness (QED) is 0.752. The zero-order valence-corrected chi connectivity index (χ0v) is 9.14. The highest BCUT2D eigenvalue weighted by Crippen LogP contribution is 2.02. The Balaban J connectivity index is 2.37. The van der Waals surface area contributed by atoms with Gasteiger partial charge in [-0.3, -0.25) is 9.58 Å². The predicted molar refractivity (Wildman–Crippen MR) is 55.8 cm³/mol. The second kappa shape index (κ2) is 5.12. The van der Waals surface area contributed by atoms with Gasteiger partial charge >= 0.3 is 0 Å². The molecule has 4 nitrogen and oxygen atoms in total. The minimum atomic E-state index is -0.225. The third kappa shape index (κ3) is 3.47. The van der Waals surface area contributed by atoms with E-state index in [9.17, 15) is 5.11 Å². The minimum absolute atomic E-state index is 0.225. The number of aliphatic hydroxyl groups excluding tert-OH is 1. The zero-order valence-electron chi connectivity index (χ0n) is 9.14. The van der Waals surface area contributed by atoms with Gasteiger partial charge in [0, 0.05) is 31.9 Å². The lowest BCUT2D eigenvalue weighted by Crippen LogP contribution is -2.28. The van der Waals surface area contributed by atoms with Crippen LogP contribution in [0.5, 0.6) is 0 Å². The van der Waals surface area contributed by atoms with Gasteiger partial charge in [0.25, 0.3) is 0 Å². The number of aryl methyl sites for hydroxylation is 1. The van der Waals surface area contributed by atoms with Crippen molar-refractivity contribution < 1.29 is 5.11 Å². The molecule has 0 bridgehead atoms. The van der Waals surface area contributed by atoms with E-state index in [-0.39, 0.29) is 6.10 Å². The number of hydrogen-bond donors (Lipinski definition) is 1. The zero-order chi connectivity index (χ0) is 10.6. The van der Waals surface area contributed by atoms with Crippen molar-refractivity contribution in [2.24, 2.45) is 7.05 Å². The van der Waals surface area contributed by atoms with Crippen LogP contribution >= 0.6 is 0 Å². The van der Waals surface area contributed by atoms with Crippen molar-refractivity contribution in [1.82, 2.24) is 14.7 Å². The molecule has 80 valence electrons. The molecule has 1 aromatic heterocycles. The Bertz CT molecular complexity index is 272. The third-order valence-corrected chi connectivity index (χ3v) is 2.20. The van der Waals surface area contributed by atoms with Gasteiger partial charge in [-0.25, -0.2) is 0 Å². The van der Waals surface area contributed by atoms with Crippen LogP contribution in [-0.2, 0) is 13.6 Å². The van der Waals surface area contributed by atoms with Crippen molar-refractivity contribution in [3.05, 3.63) is 18.0 Å². The summed E-state index contributed by atoms with van der Waals surface area (Å²) in [4.78, 5) is 2.10. The van der Waals surface area contributed by atoms with E-state index in [1.807, 2.05) is 33.4 Å². The number of aliphatic hydroxyl groups is 1. The van der Waals surface area contributed by atoms with Crippen molar-refractivity contribution in [3.8, 4) is 0 Å². The Hall–Kier alpha value is -0.870. The number of rotatable bonds is 5. The summed E-state index contributed by atoms with van der Waals surface area (Å²) < 4.78 is 1.79. The van der Waals surface area contributed by atoms with Gasteiger partial charge in [0.15, 0.2) is 0 Å². The molecule has 14 heavy (non-hydrogen) atoms. The molecule has 1 heterocycles. The van der Waals surface area contributed by atoms with E-state index in [0.717, 1.165) is 13.0 Å². The highest BCUT2D eigenvalue weighted by molar-refractivity contribution is 5.02. The number of aromatic nitrogens is 2. The number of likely N-dealkylation sites (N-methyl/N-ethyl adjacent to an activating group) is 1. The molecule has 0 fully saturated rings. The molecule has 1 aromatic rings. The summed E-state index contributed by atoms with van der Waals surface area (Å²) in [6.45, 7) is 3.54. The average Bonchev–Trinajstić information content (AvgIpc) is 2.50. The summed E-state index contributed by atoms with van der Waals surface area (Å²) >= 11 is 0. The van der Waals surface area contributed by atoms with E-state index in [1.54, 1.807) is 4.68 Å². The largest absolute Gasteiger partial charge is 0.392 e. The van der Waals surface area contributed by atoms with E-state index < -0.39 is 0 Å². The Labute approximate surface area is 85.1 Å². The molecule has 1 atom stereocenters. The SMILES string of the molecule is CCC(O)CN(C)Cc1cnn(C)c1. The van der Waals surface area contributed by atoms with Crippen LogP contribution in [0.25, 0.3) is 0 Å². The number of nitrogens with zero attached hydrogens (tertiary/aromatic N) is 3. The summed E-state index contributed by atoms with van der Waals surface area (Å²) in [5.41, 5.74) is 1.18. The lowest BCUT2D eigenvalue weighted by atomic mass is 10.2. The normalized spacial score (nSPS) is 13.5. The Morgan fingerprint density at radius 1 is 1.64 bits per heavy atom. The van der Waals surface area contributed by atoms with Gasteiger partial charge in [-0.15, -0.1) is 0 Å². The van der Waals surface area contributed by atoms with Crippen LogP contribution in [0.3, 0.4) is 0 Å². The first-order valence-electron chi connectivity index (χ1n) is 4.96. The van der Waals surface area contributed by atoms with Crippen molar-refractivity contribution in [2.75, 3.05) is 13.6 Å². The first-order chi connectivity index (χ1) is 6.61. The summed E-state index contributed by atoms with van der Waals surface area (Å²) in [7, 11) is 3.91. The maximum Gasteiger partial charge on any atom is 0.0664 e. The average molecular weight is 197 g/mol. The maximum absolute atomic E-state index is 9.45. The monoisotopic (exact) mass is 197 g/mol. The number of hydrogen-bond acceptors (Lipinski definition) is 3. The molecule has 0 saturated carbocycles. The van der Waals surface area contributed by atoms with E-state index >= 15 is 0 Å². The smallest absolute Gasteiger partial charge is 0.0664 e. The van der Waals surface area contributed by atoms with Gasteiger partial charge in [0.1, 0.15) is 0 Å². The molecule has 0 amide bonds. The molecular formula is C10H19N3O. The van der Waals surface area contributed by atoms with Gasteiger partial charge in [0.05, 0.1) is 12.3 Å². The molecule has 0 aromatic carbocycles. The predicted octanol–water partition coefficient (Wildman–Crippen LogP) is 0.623. The standard InChI is InChI=1S/C10H19N3O/c1-4-10(14)8-12(2)6-9-5-11-13(3)7-9/h5,7,10,14H,4,6,8H2,1-3H3. The van der Waals surface area contributed by atoms with Gasteiger partial charge in [-0.1, -0.05) is 6.92 Å². The summed E-state index contributed by atoms with van der Waals surface area (Å²) in [5.74, 6) is 0. The lowest BCUT2D eigenvalue weighted by molar-refractivity contribution is 0.119. The summed E-state index contributed by atoms with van der Waals surface area (Å²) in [6, 6.07) is 0. The first kappa shape index (κ1) is 11.2. The Morgan fingerprint density at radius 3 is 2.86 bits per heavy atom. The van der Waals surface area contributed by atoms with Crippen LogP contribution < -0.4 is 0 Å². The molecule has 4 heteroatoms. The fourth-order valence-corrected chi connectivity index (χ4v) is 1.42. The summed E-state index contributed by atoms with van der Waals surface area (Å²) in [6.07, 6.45) is 4.43. The van der Waals surface area contributed by atoms with Gasteiger partial charge in [0.2, 0.25) is 0 Å². The molecular weight excluding hydrogens is 178 g/mol. The maximum atomic E-state index is 9.45. The first-order valence-corrected chi connectivity index (χ1v) is 4.96. The van der Waals surface area contributed by atoms with E-state index in [1.165, 1.54) is 5.56 Å². The molecule has 0 aliphatic carbocycles. The van der Waals surface area contributed by atoms with Crippen LogP contribution in [0.2, 0.25) is 0 Å². The highest BCUT2D eigenvalue weighted by atomic mass is 16.3. The molecule has 0 aliphatic rings. The van der Waals surface area contributed by atoms with Gasteiger partial charge < -0.3 is 5.11 Å². The molecule has 0 aliphatic heterocycles. The van der Waals surface area contributed by atoms with Crippen LogP contribution in [0.15, 0.2) is 12.4 Å². The van der Waals surface area contributed by atoms with E-state index in [0.29, 0.717) is 6.54 Å². The van der Waals surface area contributed by atoms with E-state index in [4.69, 9.17) is 0 Å². The van der Waals surface area contributed by atoms with Gasteiger partial charge in [-0.2, -0.15) is 5.10 Å². The molecule has 1 rings (SSSR count). The topological polar surface area (TPSA) is 41.3 Å². The van der Waals surface area contributed by atoms with Crippen LogP contribution in [0.1, 0.15) is 18.9 Å². The van der Waals surface area contributed by atoms with Crippen LogP contribution in [0.4, 0.5) is 0 Å². The van der Waals surface area contributed by atoms with Crippen LogP contribution in [-0.4, -0.2) is 39.5 Å². The van der Waals surface area contributed by atoms with Crippen molar-refractivity contribution in [2.45, 2.75) is 26.0 Å². The fraction of sp³-hybridized carbons (Fsp3) is 0.700. The van der Waals surface area contributed by atoms with Crippen LogP contribution in [0, 0.1) is 0 Å². The summed E-state index contributed by atoms with van der Waals surface area (Å²) in [5, 5.41) is 13.5. The Morgan fingerprint density at radius 2 is 2.36 bits per heavy atom. The van der Waals surface area contributed by atoms with Crippen molar-refractivity contribution >= 4 is 0 Å². The third-order valence-electron chi connectivity index (χ3n) is 2.20. The molecule has 1 unspecified atom stereocenters. The molecule has 0 spiro atoms. The molecule has 1 N–H and O–H groups in total.